The molecule has 0 bridgehead atoms. The highest BCUT2D eigenvalue weighted by molar-refractivity contribution is 5.78. The van der Waals surface area contributed by atoms with Gasteiger partial charge in [-0.05, 0) is 31.1 Å². The van der Waals surface area contributed by atoms with E-state index in [0.717, 1.165) is 19.3 Å². The van der Waals surface area contributed by atoms with Gasteiger partial charge in [-0.2, -0.15) is 0 Å². The van der Waals surface area contributed by atoms with Gasteiger partial charge in [-0.1, -0.05) is 34.1 Å². The first-order valence-electron chi connectivity index (χ1n) is 6.81. The fourth-order valence-corrected chi connectivity index (χ4v) is 3.10. The minimum absolute atomic E-state index is 0.141. The molecule has 0 aromatic carbocycles. The van der Waals surface area contributed by atoms with Gasteiger partial charge in [-0.3, -0.25) is 0 Å². The molecule has 17 heavy (non-hydrogen) atoms. The van der Waals surface area contributed by atoms with Crippen molar-refractivity contribution in [1.82, 2.24) is 0 Å². The van der Waals surface area contributed by atoms with Crippen molar-refractivity contribution >= 4 is 5.97 Å². The Labute approximate surface area is 105 Å². The Morgan fingerprint density at radius 1 is 1.47 bits per heavy atom. The van der Waals surface area contributed by atoms with Crippen molar-refractivity contribution in [3.8, 4) is 0 Å². The molecule has 0 radical (unpaired) electrons. The van der Waals surface area contributed by atoms with Crippen LogP contribution in [0, 0.1) is 17.8 Å². The van der Waals surface area contributed by atoms with E-state index < -0.39 is 11.6 Å². The quantitative estimate of drug-likeness (QED) is 0.804. The molecule has 1 saturated carbocycles. The molecule has 1 N–H and O–H groups in total. The van der Waals surface area contributed by atoms with E-state index in [2.05, 4.69) is 20.8 Å². The SMILES string of the molecule is CCCOC1(C(=O)O)CC(C)CCC1C(C)C. The highest BCUT2D eigenvalue weighted by atomic mass is 16.5. The second-order valence-electron chi connectivity index (χ2n) is 5.78. The van der Waals surface area contributed by atoms with Crippen LogP contribution < -0.4 is 0 Å². The largest absolute Gasteiger partial charge is 0.479 e. The van der Waals surface area contributed by atoms with Gasteiger partial charge in [0, 0.05) is 12.5 Å². The van der Waals surface area contributed by atoms with Crippen molar-refractivity contribution in [1.29, 1.82) is 0 Å². The number of carbonyl (C=O) groups is 1. The summed E-state index contributed by atoms with van der Waals surface area (Å²) in [5.41, 5.74) is -0.943. The molecular formula is C14H26O3. The molecule has 1 fully saturated rings. The molecule has 1 rings (SSSR count). The van der Waals surface area contributed by atoms with E-state index in [0.29, 0.717) is 24.9 Å². The summed E-state index contributed by atoms with van der Waals surface area (Å²) < 4.78 is 5.83. The molecule has 0 saturated heterocycles. The summed E-state index contributed by atoms with van der Waals surface area (Å²) >= 11 is 0. The zero-order chi connectivity index (χ0) is 13.1. The normalized spacial score (nSPS) is 33.9. The molecule has 0 aromatic heterocycles. The standard InChI is InChI=1S/C14H26O3/c1-5-8-17-14(13(15)16)9-11(4)6-7-12(14)10(2)3/h10-12H,5-9H2,1-4H3,(H,15,16). The Bertz CT molecular complexity index is 262. The van der Waals surface area contributed by atoms with Gasteiger partial charge in [0.05, 0.1) is 0 Å². The van der Waals surface area contributed by atoms with Gasteiger partial charge in [0.15, 0.2) is 5.60 Å². The second kappa shape index (κ2) is 5.85. The van der Waals surface area contributed by atoms with Crippen molar-refractivity contribution in [3.63, 3.8) is 0 Å². The van der Waals surface area contributed by atoms with Crippen LogP contribution in [0.4, 0.5) is 0 Å². The third-order valence-corrected chi connectivity index (χ3v) is 3.95. The summed E-state index contributed by atoms with van der Waals surface area (Å²) in [5, 5.41) is 9.63. The van der Waals surface area contributed by atoms with Gasteiger partial charge < -0.3 is 9.84 Å². The van der Waals surface area contributed by atoms with E-state index in [1.807, 2.05) is 6.92 Å². The Morgan fingerprint density at radius 3 is 2.59 bits per heavy atom. The average Bonchev–Trinajstić information content (AvgIpc) is 2.25. The van der Waals surface area contributed by atoms with Crippen LogP contribution >= 0.6 is 0 Å². The predicted molar refractivity (Wildman–Crippen MR) is 68.0 cm³/mol. The van der Waals surface area contributed by atoms with Crippen LogP contribution in [0.5, 0.6) is 0 Å². The number of carboxylic acids is 1. The van der Waals surface area contributed by atoms with Crippen LogP contribution in [-0.4, -0.2) is 23.3 Å². The Morgan fingerprint density at radius 2 is 2.12 bits per heavy atom. The van der Waals surface area contributed by atoms with E-state index in [1.165, 1.54) is 0 Å². The highest BCUT2D eigenvalue weighted by Gasteiger charge is 2.51. The van der Waals surface area contributed by atoms with Crippen molar-refractivity contribution in [2.75, 3.05) is 6.61 Å². The average molecular weight is 242 g/mol. The van der Waals surface area contributed by atoms with Gasteiger partial charge in [-0.15, -0.1) is 0 Å². The van der Waals surface area contributed by atoms with Crippen LogP contribution in [0.15, 0.2) is 0 Å². The number of rotatable bonds is 5. The van der Waals surface area contributed by atoms with Gasteiger partial charge in [0.2, 0.25) is 0 Å². The summed E-state index contributed by atoms with van der Waals surface area (Å²) in [4.78, 5) is 11.7. The summed E-state index contributed by atoms with van der Waals surface area (Å²) in [7, 11) is 0. The monoisotopic (exact) mass is 242 g/mol. The lowest BCUT2D eigenvalue weighted by Gasteiger charge is -2.44. The maximum atomic E-state index is 11.7. The maximum Gasteiger partial charge on any atom is 0.336 e. The first-order chi connectivity index (χ1) is 7.94. The summed E-state index contributed by atoms with van der Waals surface area (Å²) in [6, 6.07) is 0. The van der Waals surface area contributed by atoms with Gasteiger partial charge in [0.25, 0.3) is 0 Å². The number of hydrogen-bond donors (Lipinski definition) is 1. The fraction of sp³-hybridized carbons (Fsp3) is 0.929. The van der Waals surface area contributed by atoms with Crippen LogP contribution in [0.2, 0.25) is 0 Å². The van der Waals surface area contributed by atoms with E-state index >= 15 is 0 Å². The molecule has 3 atom stereocenters. The number of carboxylic acid groups (broad SMARTS) is 1. The lowest BCUT2D eigenvalue weighted by atomic mass is 9.67. The molecule has 0 amide bonds. The second-order valence-corrected chi connectivity index (χ2v) is 5.78. The molecule has 0 aromatic rings. The topological polar surface area (TPSA) is 46.5 Å². The first kappa shape index (κ1) is 14.5. The van der Waals surface area contributed by atoms with Crippen LogP contribution in [0.3, 0.4) is 0 Å². The third-order valence-electron chi connectivity index (χ3n) is 3.95. The third kappa shape index (κ3) is 3.01. The van der Waals surface area contributed by atoms with Crippen molar-refractivity contribution in [2.24, 2.45) is 17.8 Å². The molecule has 3 heteroatoms. The molecule has 0 spiro atoms. The minimum Gasteiger partial charge on any atom is -0.479 e. The van der Waals surface area contributed by atoms with Gasteiger partial charge in [-0.25, -0.2) is 4.79 Å². The Hall–Kier alpha value is -0.570. The molecule has 0 aliphatic heterocycles. The van der Waals surface area contributed by atoms with Crippen molar-refractivity contribution in [3.05, 3.63) is 0 Å². The summed E-state index contributed by atoms with van der Waals surface area (Å²) in [5.74, 6) is 0.173. The van der Waals surface area contributed by atoms with E-state index in [1.54, 1.807) is 0 Å². The number of aliphatic carboxylic acids is 1. The summed E-state index contributed by atoms with van der Waals surface area (Å²) in [6.45, 7) is 8.90. The van der Waals surface area contributed by atoms with Crippen molar-refractivity contribution in [2.45, 2.75) is 59.0 Å². The smallest absolute Gasteiger partial charge is 0.336 e. The summed E-state index contributed by atoms with van der Waals surface area (Å²) in [6.07, 6.45) is 3.61. The number of hydrogen-bond acceptors (Lipinski definition) is 2. The molecule has 1 aliphatic carbocycles. The molecule has 1 aliphatic rings. The zero-order valence-corrected chi connectivity index (χ0v) is 11.5. The zero-order valence-electron chi connectivity index (χ0n) is 11.5. The van der Waals surface area contributed by atoms with Crippen molar-refractivity contribution < 1.29 is 14.6 Å². The molecule has 0 heterocycles. The molecular weight excluding hydrogens is 216 g/mol. The van der Waals surface area contributed by atoms with Crippen LogP contribution in [0.25, 0.3) is 0 Å². The Kier molecular flexibility index (Phi) is 4.99. The number of ether oxygens (including phenoxy) is 1. The predicted octanol–water partition coefficient (Wildman–Crippen LogP) is 3.33. The molecule has 3 unspecified atom stereocenters. The minimum atomic E-state index is -0.943. The van der Waals surface area contributed by atoms with E-state index in [-0.39, 0.29) is 5.92 Å². The lowest BCUT2D eigenvalue weighted by Crippen LogP contribution is -2.53. The lowest BCUT2D eigenvalue weighted by molar-refractivity contribution is -0.187. The molecule has 3 nitrogen and oxygen atoms in total. The maximum absolute atomic E-state index is 11.7. The first-order valence-corrected chi connectivity index (χ1v) is 6.81. The highest BCUT2D eigenvalue weighted by Crippen LogP contribution is 2.43. The fourth-order valence-electron chi connectivity index (χ4n) is 3.10. The van der Waals surface area contributed by atoms with E-state index in [4.69, 9.17) is 4.74 Å². The van der Waals surface area contributed by atoms with Crippen LogP contribution in [-0.2, 0) is 9.53 Å². The van der Waals surface area contributed by atoms with Crippen LogP contribution in [0.1, 0.15) is 53.4 Å². The Balaban J connectivity index is 2.96. The molecule has 100 valence electrons. The van der Waals surface area contributed by atoms with Gasteiger partial charge >= 0.3 is 5.97 Å². The van der Waals surface area contributed by atoms with Gasteiger partial charge in [0.1, 0.15) is 0 Å². The van der Waals surface area contributed by atoms with E-state index in [9.17, 15) is 9.90 Å².